The molecule has 1 unspecified atom stereocenters. The van der Waals surface area contributed by atoms with Crippen LogP contribution in [0.4, 0.5) is 4.39 Å². The smallest absolute Gasteiger partial charge is 0.152 e. The highest BCUT2D eigenvalue weighted by Gasteiger charge is 2.03. The molecule has 0 saturated carbocycles. The van der Waals surface area contributed by atoms with Crippen LogP contribution >= 0.6 is 11.8 Å². The molecule has 0 amide bonds. The molecule has 0 saturated heterocycles. The van der Waals surface area contributed by atoms with Gasteiger partial charge in [0.1, 0.15) is 5.82 Å². The monoisotopic (exact) mass is 238 g/mol. The fraction of sp³-hybridized carbons (Fsp3) is 0.308. The second-order valence-electron chi connectivity index (χ2n) is 3.63. The first-order valence-corrected chi connectivity index (χ1v) is 6.05. The van der Waals surface area contributed by atoms with E-state index >= 15 is 0 Å². The molecule has 0 fully saturated rings. The summed E-state index contributed by atoms with van der Waals surface area (Å²) in [6.07, 6.45) is 4.24. The van der Waals surface area contributed by atoms with E-state index in [9.17, 15) is 9.18 Å². The number of allylic oxidation sites excluding steroid dienone is 2. The molecule has 0 spiro atoms. The molecular weight excluding hydrogens is 223 g/mol. The maximum Gasteiger partial charge on any atom is 0.152 e. The van der Waals surface area contributed by atoms with Gasteiger partial charge in [0, 0.05) is 10.1 Å². The Morgan fingerprint density at radius 2 is 2.31 bits per heavy atom. The van der Waals surface area contributed by atoms with Gasteiger partial charge >= 0.3 is 0 Å². The molecule has 0 aliphatic rings. The number of carbonyl (C=O) groups excluding carboxylic acids is 1. The first-order valence-electron chi connectivity index (χ1n) is 5.17. The second kappa shape index (κ2) is 6.48. The minimum absolute atomic E-state index is 0.0583. The molecule has 3 heteroatoms. The fourth-order valence-corrected chi connectivity index (χ4v) is 2.26. The van der Waals surface area contributed by atoms with Crippen molar-refractivity contribution in [1.29, 1.82) is 0 Å². The van der Waals surface area contributed by atoms with Crippen LogP contribution in [-0.4, -0.2) is 11.0 Å². The average molecular weight is 238 g/mol. The van der Waals surface area contributed by atoms with Crippen LogP contribution in [0.15, 0.2) is 41.3 Å². The zero-order valence-electron chi connectivity index (χ0n) is 9.44. The van der Waals surface area contributed by atoms with Crippen LogP contribution in [0, 0.1) is 5.82 Å². The van der Waals surface area contributed by atoms with Crippen molar-refractivity contribution in [1.82, 2.24) is 0 Å². The zero-order chi connectivity index (χ0) is 12.0. The van der Waals surface area contributed by atoms with Crippen molar-refractivity contribution in [2.45, 2.75) is 30.4 Å². The van der Waals surface area contributed by atoms with Gasteiger partial charge in [-0.2, -0.15) is 0 Å². The van der Waals surface area contributed by atoms with E-state index in [4.69, 9.17) is 0 Å². The van der Waals surface area contributed by atoms with Gasteiger partial charge in [0.25, 0.3) is 0 Å². The fourth-order valence-electron chi connectivity index (χ4n) is 1.25. The molecule has 16 heavy (non-hydrogen) atoms. The Labute approximate surface area is 99.7 Å². The van der Waals surface area contributed by atoms with E-state index in [2.05, 4.69) is 6.92 Å². The lowest BCUT2D eigenvalue weighted by Crippen LogP contribution is -1.94. The summed E-state index contributed by atoms with van der Waals surface area (Å²) in [5.74, 6) is -0.153. The van der Waals surface area contributed by atoms with Gasteiger partial charge in [-0.3, -0.25) is 4.79 Å². The molecule has 86 valence electrons. The van der Waals surface area contributed by atoms with E-state index < -0.39 is 0 Å². The molecule has 0 radical (unpaired) electrons. The Hall–Kier alpha value is -1.09. The van der Waals surface area contributed by atoms with Gasteiger partial charge in [-0.25, -0.2) is 4.39 Å². The summed E-state index contributed by atoms with van der Waals surface area (Å²) in [7, 11) is 0. The van der Waals surface area contributed by atoms with Gasteiger partial charge in [0.2, 0.25) is 0 Å². The summed E-state index contributed by atoms with van der Waals surface area (Å²) in [5.41, 5.74) is 0. The van der Waals surface area contributed by atoms with E-state index in [1.165, 1.54) is 19.1 Å². The quantitative estimate of drug-likeness (QED) is 0.572. The summed E-state index contributed by atoms with van der Waals surface area (Å²) >= 11 is 1.61. The molecule has 1 rings (SSSR count). The number of hydrogen-bond donors (Lipinski definition) is 0. The summed E-state index contributed by atoms with van der Waals surface area (Å²) in [4.78, 5) is 11.6. The third-order valence-corrected chi connectivity index (χ3v) is 3.07. The van der Waals surface area contributed by atoms with Crippen molar-refractivity contribution >= 4 is 17.5 Å². The third-order valence-electron chi connectivity index (χ3n) is 1.95. The Morgan fingerprint density at radius 3 is 2.94 bits per heavy atom. The van der Waals surface area contributed by atoms with Gasteiger partial charge in [-0.1, -0.05) is 19.1 Å². The number of hydrogen-bond acceptors (Lipinski definition) is 2. The van der Waals surface area contributed by atoms with Crippen LogP contribution < -0.4 is 0 Å². The highest BCUT2D eigenvalue weighted by molar-refractivity contribution is 7.99. The van der Waals surface area contributed by atoms with Crippen LogP contribution in [0.2, 0.25) is 0 Å². The standard InChI is InChI=1S/C13H15FOS/c1-10(15)5-3-6-11(2)16-13-8-4-7-12(14)9-13/h3-5,7-9,11H,6H2,1-2H3/b5-3+. The Kier molecular flexibility index (Phi) is 5.26. The van der Waals surface area contributed by atoms with Crippen LogP contribution in [0.25, 0.3) is 0 Å². The van der Waals surface area contributed by atoms with E-state index in [-0.39, 0.29) is 11.6 Å². The first kappa shape index (κ1) is 13.0. The predicted octanol–water partition coefficient (Wildman–Crippen LogP) is 3.84. The van der Waals surface area contributed by atoms with Crippen molar-refractivity contribution < 1.29 is 9.18 Å². The zero-order valence-corrected chi connectivity index (χ0v) is 10.3. The van der Waals surface area contributed by atoms with Crippen LogP contribution in [0.5, 0.6) is 0 Å². The summed E-state index contributed by atoms with van der Waals surface area (Å²) < 4.78 is 12.9. The Bertz CT molecular complexity index is 387. The molecule has 1 aromatic carbocycles. The highest BCUT2D eigenvalue weighted by Crippen LogP contribution is 2.25. The Morgan fingerprint density at radius 1 is 1.56 bits per heavy atom. The summed E-state index contributed by atoms with van der Waals surface area (Å²) in [5, 5.41) is 0.331. The van der Waals surface area contributed by atoms with Crippen molar-refractivity contribution in [3.63, 3.8) is 0 Å². The van der Waals surface area contributed by atoms with Crippen molar-refractivity contribution in [2.75, 3.05) is 0 Å². The molecule has 1 atom stereocenters. The normalized spacial score (nSPS) is 12.9. The maximum absolute atomic E-state index is 12.9. The lowest BCUT2D eigenvalue weighted by atomic mass is 10.3. The topological polar surface area (TPSA) is 17.1 Å². The molecule has 1 aromatic rings. The van der Waals surface area contributed by atoms with Crippen LogP contribution in [0.3, 0.4) is 0 Å². The number of benzene rings is 1. The van der Waals surface area contributed by atoms with E-state index in [1.54, 1.807) is 23.9 Å². The number of halogens is 1. The lowest BCUT2D eigenvalue weighted by Gasteiger charge is -2.08. The number of ketones is 1. The van der Waals surface area contributed by atoms with Crippen molar-refractivity contribution in [3.8, 4) is 0 Å². The van der Waals surface area contributed by atoms with Crippen LogP contribution in [0.1, 0.15) is 20.3 Å². The Balaban J connectivity index is 2.45. The highest BCUT2D eigenvalue weighted by atomic mass is 32.2. The molecule has 1 nitrogen and oxygen atoms in total. The molecule has 0 N–H and O–H groups in total. The maximum atomic E-state index is 12.9. The van der Waals surface area contributed by atoms with Crippen molar-refractivity contribution in [2.24, 2.45) is 0 Å². The average Bonchev–Trinajstić information content (AvgIpc) is 2.16. The van der Waals surface area contributed by atoms with E-state index in [1.807, 2.05) is 12.1 Å². The molecular formula is C13H15FOS. The van der Waals surface area contributed by atoms with Gasteiger partial charge in [0.15, 0.2) is 5.78 Å². The predicted molar refractivity (Wildman–Crippen MR) is 66.2 cm³/mol. The van der Waals surface area contributed by atoms with Gasteiger partial charge in [-0.05, 0) is 37.6 Å². The molecule has 0 aliphatic carbocycles. The molecule has 0 aliphatic heterocycles. The van der Waals surface area contributed by atoms with Gasteiger partial charge in [0.05, 0.1) is 0 Å². The minimum Gasteiger partial charge on any atom is -0.295 e. The number of rotatable bonds is 5. The molecule has 0 bridgehead atoms. The van der Waals surface area contributed by atoms with Gasteiger partial charge in [-0.15, -0.1) is 11.8 Å². The first-order chi connectivity index (χ1) is 7.58. The second-order valence-corrected chi connectivity index (χ2v) is 5.15. The third kappa shape index (κ3) is 5.12. The van der Waals surface area contributed by atoms with Crippen molar-refractivity contribution in [3.05, 3.63) is 42.2 Å². The number of carbonyl (C=O) groups is 1. The lowest BCUT2D eigenvalue weighted by molar-refractivity contribution is -0.112. The molecule has 0 aromatic heterocycles. The van der Waals surface area contributed by atoms with Gasteiger partial charge < -0.3 is 0 Å². The van der Waals surface area contributed by atoms with E-state index in [0.717, 1.165) is 11.3 Å². The number of thioether (sulfide) groups is 1. The summed E-state index contributed by atoms with van der Waals surface area (Å²) in [6, 6.07) is 6.55. The minimum atomic E-state index is -0.212. The van der Waals surface area contributed by atoms with E-state index in [0.29, 0.717) is 5.25 Å². The molecule has 0 heterocycles. The largest absolute Gasteiger partial charge is 0.295 e. The van der Waals surface area contributed by atoms with Crippen LogP contribution in [-0.2, 0) is 4.79 Å². The summed E-state index contributed by atoms with van der Waals surface area (Å²) in [6.45, 7) is 3.58. The SMILES string of the molecule is CC(=O)/C=C/CC(C)Sc1cccc(F)c1.